The van der Waals surface area contributed by atoms with Crippen LogP contribution in [0.3, 0.4) is 0 Å². The standard InChI is InChI=1S/C59H105NO3/c1-3-5-7-9-11-13-15-17-19-21-23-25-26-27-28-29-30-31-32-33-35-36-38-40-42-44-46-48-50-52-54-58(62)57(56-61)60-59(63)55-53-51-49-47-45-43-41-39-37-34-24-22-20-18-16-14-12-10-8-6-4-2/h6,8,12,14,18,20,24,34,39,41,44,46,52,54,57-58,61-62H,3-5,7,9-11,13,15-17,19,21-23,25-33,35-38,40,42-43,45,47-51,53,55-56H2,1-2H3,(H,60,63)/b8-6-,14-12-,20-18-,34-24-,41-39-,46-44+,54-52+. The van der Waals surface area contributed by atoms with Crippen molar-refractivity contribution in [3.05, 3.63) is 85.1 Å². The van der Waals surface area contributed by atoms with E-state index in [-0.39, 0.29) is 12.5 Å². The monoisotopic (exact) mass is 876 g/mol. The molecule has 3 N–H and O–H groups in total. The van der Waals surface area contributed by atoms with Crippen LogP contribution in [0.2, 0.25) is 0 Å². The fraction of sp³-hybridized carbons (Fsp3) is 0.746. The van der Waals surface area contributed by atoms with Crippen molar-refractivity contribution >= 4 is 5.91 Å². The second-order valence-corrected chi connectivity index (χ2v) is 18.3. The molecule has 4 nitrogen and oxygen atoms in total. The molecule has 0 aromatic rings. The first-order chi connectivity index (χ1) is 31.2. The predicted octanol–water partition coefficient (Wildman–Crippen LogP) is 18.0. The summed E-state index contributed by atoms with van der Waals surface area (Å²) in [6, 6.07) is -0.656. The Labute approximate surface area is 392 Å². The summed E-state index contributed by atoms with van der Waals surface area (Å²) in [6.07, 6.45) is 78.8. The summed E-state index contributed by atoms with van der Waals surface area (Å²) in [5.74, 6) is -0.0936. The van der Waals surface area contributed by atoms with E-state index >= 15 is 0 Å². The number of carbonyl (C=O) groups is 1. The Balaban J connectivity index is 3.58. The fourth-order valence-electron chi connectivity index (χ4n) is 7.99. The molecule has 364 valence electrons. The van der Waals surface area contributed by atoms with Crippen LogP contribution in [0.25, 0.3) is 0 Å². The van der Waals surface area contributed by atoms with Crippen LogP contribution in [-0.2, 0) is 4.79 Å². The third-order valence-corrected chi connectivity index (χ3v) is 12.1. The molecule has 0 saturated heterocycles. The number of carbonyl (C=O) groups excluding carboxylic acids is 1. The van der Waals surface area contributed by atoms with E-state index in [0.717, 1.165) is 77.0 Å². The Morgan fingerprint density at radius 3 is 1.11 bits per heavy atom. The van der Waals surface area contributed by atoms with Gasteiger partial charge in [0.05, 0.1) is 18.8 Å². The molecule has 0 radical (unpaired) electrons. The quantitative estimate of drug-likeness (QED) is 0.0421. The molecule has 0 aliphatic heterocycles. The Hall–Kier alpha value is -2.43. The molecule has 4 heteroatoms. The van der Waals surface area contributed by atoms with Gasteiger partial charge >= 0.3 is 0 Å². The lowest BCUT2D eigenvalue weighted by Crippen LogP contribution is -2.45. The van der Waals surface area contributed by atoms with Crippen LogP contribution in [0, 0.1) is 0 Å². The molecule has 0 bridgehead atoms. The van der Waals surface area contributed by atoms with Crippen molar-refractivity contribution in [2.75, 3.05) is 6.61 Å². The van der Waals surface area contributed by atoms with Crippen molar-refractivity contribution in [2.24, 2.45) is 0 Å². The third kappa shape index (κ3) is 50.4. The largest absolute Gasteiger partial charge is 0.394 e. The van der Waals surface area contributed by atoms with Gasteiger partial charge in [0.25, 0.3) is 0 Å². The van der Waals surface area contributed by atoms with Gasteiger partial charge in [0.1, 0.15) is 0 Å². The molecule has 0 saturated carbocycles. The van der Waals surface area contributed by atoms with Crippen LogP contribution in [0.4, 0.5) is 0 Å². The lowest BCUT2D eigenvalue weighted by molar-refractivity contribution is -0.123. The molecule has 0 heterocycles. The smallest absolute Gasteiger partial charge is 0.220 e. The van der Waals surface area contributed by atoms with Crippen LogP contribution in [0.1, 0.15) is 264 Å². The van der Waals surface area contributed by atoms with Crippen LogP contribution >= 0.6 is 0 Å². The van der Waals surface area contributed by atoms with Gasteiger partial charge in [0, 0.05) is 6.42 Å². The van der Waals surface area contributed by atoms with Crippen molar-refractivity contribution in [3.63, 3.8) is 0 Å². The minimum absolute atomic E-state index is 0.0936. The van der Waals surface area contributed by atoms with Gasteiger partial charge < -0.3 is 15.5 Å². The number of rotatable bonds is 49. The number of nitrogens with one attached hydrogen (secondary N) is 1. The number of amides is 1. The predicted molar refractivity (Wildman–Crippen MR) is 280 cm³/mol. The summed E-state index contributed by atoms with van der Waals surface area (Å²) in [6.45, 7) is 4.19. The molecule has 2 atom stereocenters. The molecule has 0 spiro atoms. The maximum absolute atomic E-state index is 12.4. The molecule has 0 aliphatic rings. The van der Waals surface area contributed by atoms with E-state index < -0.39 is 12.1 Å². The minimum atomic E-state index is -0.877. The summed E-state index contributed by atoms with van der Waals surface area (Å²) in [4.78, 5) is 12.4. The topological polar surface area (TPSA) is 69.6 Å². The van der Waals surface area contributed by atoms with Crippen LogP contribution in [0.15, 0.2) is 85.1 Å². The molecule has 0 aliphatic carbocycles. The number of allylic oxidation sites excluding steroid dienone is 13. The average molecular weight is 876 g/mol. The maximum Gasteiger partial charge on any atom is 0.220 e. The molecular formula is C59H105NO3. The number of aliphatic hydroxyl groups is 2. The third-order valence-electron chi connectivity index (χ3n) is 12.1. The van der Waals surface area contributed by atoms with E-state index in [9.17, 15) is 15.0 Å². The number of aliphatic hydroxyl groups excluding tert-OH is 2. The van der Waals surface area contributed by atoms with Crippen LogP contribution in [0.5, 0.6) is 0 Å². The summed E-state index contributed by atoms with van der Waals surface area (Å²) in [5, 5.41) is 23.1. The van der Waals surface area contributed by atoms with Crippen LogP contribution < -0.4 is 5.32 Å². The van der Waals surface area contributed by atoms with E-state index in [1.54, 1.807) is 6.08 Å². The summed E-state index contributed by atoms with van der Waals surface area (Å²) in [7, 11) is 0. The highest BCUT2D eigenvalue weighted by Gasteiger charge is 2.17. The fourth-order valence-corrected chi connectivity index (χ4v) is 7.99. The first-order valence-corrected chi connectivity index (χ1v) is 27.3. The molecule has 0 fully saturated rings. The van der Waals surface area contributed by atoms with Crippen molar-refractivity contribution in [1.29, 1.82) is 0 Å². The summed E-state index contributed by atoms with van der Waals surface area (Å²) in [5.41, 5.74) is 0. The van der Waals surface area contributed by atoms with Gasteiger partial charge in [0.2, 0.25) is 5.91 Å². The zero-order chi connectivity index (χ0) is 45.6. The van der Waals surface area contributed by atoms with E-state index in [2.05, 4.69) is 92.1 Å². The average Bonchev–Trinajstić information content (AvgIpc) is 3.29. The molecule has 63 heavy (non-hydrogen) atoms. The Morgan fingerprint density at radius 2 is 0.714 bits per heavy atom. The lowest BCUT2D eigenvalue weighted by atomic mass is 10.0. The second kappa shape index (κ2) is 53.9. The molecule has 1 amide bonds. The highest BCUT2D eigenvalue weighted by Crippen LogP contribution is 2.16. The molecule has 0 aromatic heterocycles. The molecule has 0 rings (SSSR count). The van der Waals surface area contributed by atoms with Gasteiger partial charge in [-0.3, -0.25) is 4.79 Å². The highest BCUT2D eigenvalue weighted by atomic mass is 16.3. The SMILES string of the molecule is CC/C=C\C/C=C\C/C=C\C/C=C\C/C=C\CCCCCCCC(=O)NC(CO)C(O)/C=C/CC/C=C/CCCCCCCCCCCCCCCCCCCCCCCCCC. The second-order valence-electron chi connectivity index (χ2n) is 18.3. The van der Waals surface area contributed by atoms with E-state index in [1.165, 1.54) is 167 Å². The molecule has 0 aromatic carbocycles. The zero-order valence-corrected chi connectivity index (χ0v) is 41.8. The van der Waals surface area contributed by atoms with E-state index in [0.29, 0.717) is 6.42 Å². The Kier molecular flexibility index (Phi) is 51.8. The molecule has 2 unspecified atom stereocenters. The van der Waals surface area contributed by atoms with Gasteiger partial charge in [-0.1, -0.05) is 266 Å². The van der Waals surface area contributed by atoms with Gasteiger partial charge in [-0.2, -0.15) is 0 Å². The first-order valence-electron chi connectivity index (χ1n) is 27.3. The maximum atomic E-state index is 12.4. The Morgan fingerprint density at radius 1 is 0.397 bits per heavy atom. The van der Waals surface area contributed by atoms with Crippen molar-refractivity contribution in [3.8, 4) is 0 Å². The lowest BCUT2D eigenvalue weighted by Gasteiger charge is -2.19. The zero-order valence-electron chi connectivity index (χ0n) is 41.8. The first kappa shape index (κ1) is 60.6. The summed E-state index contributed by atoms with van der Waals surface area (Å²) >= 11 is 0. The van der Waals surface area contributed by atoms with Gasteiger partial charge in [-0.05, 0) is 77.0 Å². The van der Waals surface area contributed by atoms with Crippen molar-refractivity contribution < 1.29 is 15.0 Å². The number of hydrogen-bond acceptors (Lipinski definition) is 3. The van der Waals surface area contributed by atoms with Crippen molar-refractivity contribution in [2.45, 2.75) is 276 Å². The highest BCUT2D eigenvalue weighted by molar-refractivity contribution is 5.76. The number of unbranched alkanes of at least 4 members (excludes halogenated alkanes) is 30. The summed E-state index contributed by atoms with van der Waals surface area (Å²) < 4.78 is 0. The van der Waals surface area contributed by atoms with Crippen LogP contribution in [-0.4, -0.2) is 34.9 Å². The number of hydrogen-bond donors (Lipinski definition) is 3. The van der Waals surface area contributed by atoms with Gasteiger partial charge in [-0.15, -0.1) is 0 Å². The van der Waals surface area contributed by atoms with Crippen molar-refractivity contribution in [1.82, 2.24) is 5.32 Å². The van der Waals surface area contributed by atoms with Gasteiger partial charge in [-0.25, -0.2) is 0 Å². The van der Waals surface area contributed by atoms with Gasteiger partial charge in [0.15, 0.2) is 0 Å². The van der Waals surface area contributed by atoms with E-state index in [4.69, 9.17) is 0 Å². The normalized spacial score (nSPS) is 13.5. The van der Waals surface area contributed by atoms with E-state index in [1.807, 2.05) is 6.08 Å². The molecular weight excluding hydrogens is 771 g/mol. The minimum Gasteiger partial charge on any atom is -0.394 e. The Bertz CT molecular complexity index is 1130.